The van der Waals surface area contributed by atoms with Crippen molar-refractivity contribution in [2.24, 2.45) is 5.73 Å². The molecule has 3 aromatic rings. The first-order valence-electron chi connectivity index (χ1n) is 10.1. The number of unbranched alkanes of at least 4 members (excludes halogenated alkanes) is 1. The van der Waals surface area contributed by atoms with Crippen LogP contribution >= 0.6 is 11.3 Å². The first kappa shape index (κ1) is 19.6. The molecule has 6 nitrogen and oxygen atoms in total. The Morgan fingerprint density at radius 3 is 2.90 bits per heavy atom. The number of primary amides is 1. The average molecular weight is 408 g/mol. The Morgan fingerprint density at radius 1 is 1.34 bits per heavy atom. The number of carbonyl (C=O) groups is 1. The third kappa shape index (κ3) is 4.50. The van der Waals surface area contributed by atoms with E-state index in [0.29, 0.717) is 17.2 Å². The van der Waals surface area contributed by atoms with Gasteiger partial charge >= 0.3 is 0 Å². The van der Waals surface area contributed by atoms with Gasteiger partial charge in [0.2, 0.25) is 0 Å². The lowest BCUT2D eigenvalue weighted by atomic mass is 9.97. The number of amides is 1. The molecule has 0 unspecified atom stereocenters. The molecule has 2 aromatic heterocycles. The molecule has 0 bridgehead atoms. The molecule has 3 heterocycles. The summed E-state index contributed by atoms with van der Waals surface area (Å²) in [7, 11) is 0. The third-order valence-electron chi connectivity index (χ3n) is 5.78. The van der Waals surface area contributed by atoms with Gasteiger partial charge in [0.05, 0.1) is 16.6 Å². The van der Waals surface area contributed by atoms with Crippen LogP contribution in [0.3, 0.4) is 0 Å². The second-order valence-electron chi connectivity index (χ2n) is 7.69. The maximum atomic E-state index is 11.2. The first-order valence-corrected chi connectivity index (χ1v) is 11.0. The van der Waals surface area contributed by atoms with Crippen LogP contribution in [0.15, 0.2) is 29.8 Å². The molecule has 0 aliphatic carbocycles. The van der Waals surface area contributed by atoms with Crippen LogP contribution in [0.2, 0.25) is 0 Å². The van der Waals surface area contributed by atoms with E-state index in [9.17, 15) is 4.79 Å². The van der Waals surface area contributed by atoms with Crippen molar-refractivity contribution in [2.45, 2.75) is 38.0 Å². The van der Waals surface area contributed by atoms with Gasteiger partial charge in [-0.05, 0) is 75.5 Å². The van der Waals surface area contributed by atoms with Crippen molar-refractivity contribution in [3.8, 4) is 6.07 Å². The SMILES string of the molecule is N#Cc1ccc2[nH]cc(CCCCN3CCC(c4nc(C(N)=O)cs4)CC3)c2c1. The van der Waals surface area contributed by atoms with Gasteiger partial charge in [-0.3, -0.25) is 4.79 Å². The number of nitriles is 1. The molecule has 0 saturated carbocycles. The van der Waals surface area contributed by atoms with Crippen molar-refractivity contribution in [3.05, 3.63) is 51.6 Å². The largest absolute Gasteiger partial charge is 0.364 e. The van der Waals surface area contributed by atoms with Crippen molar-refractivity contribution < 1.29 is 4.79 Å². The minimum Gasteiger partial charge on any atom is -0.364 e. The fourth-order valence-electron chi connectivity index (χ4n) is 4.10. The topological polar surface area (TPSA) is 98.8 Å². The molecule has 1 aromatic carbocycles. The molecule has 0 spiro atoms. The van der Waals surface area contributed by atoms with Crippen molar-refractivity contribution in [2.75, 3.05) is 19.6 Å². The molecule has 150 valence electrons. The van der Waals surface area contributed by atoms with Crippen LogP contribution in [0, 0.1) is 11.3 Å². The number of nitrogens with zero attached hydrogens (tertiary/aromatic N) is 3. The Bertz CT molecular complexity index is 1040. The van der Waals surface area contributed by atoms with E-state index < -0.39 is 5.91 Å². The van der Waals surface area contributed by atoms with Crippen LogP contribution in [0.5, 0.6) is 0 Å². The van der Waals surface area contributed by atoms with E-state index in [1.807, 2.05) is 18.2 Å². The summed E-state index contributed by atoms with van der Waals surface area (Å²) in [6.45, 7) is 3.27. The van der Waals surface area contributed by atoms with E-state index in [2.05, 4.69) is 27.1 Å². The molecule has 7 heteroatoms. The van der Waals surface area contributed by atoms with E-state index >= 15 is 0 Å². The Hall–Kier alpha value is -2.69. The number of hydrogen-bond donors (Lipinski definition) is 2. The Morgan fingerprint density at radius 2 is 2.17 bits per heavy atom. The second-order valence-corrected chi connectivity index (χ2v) is 8.58. The fourth-order valence-corrected chi connectivity index (χ4v) is 5.08. The standard InChI is InChI=1S/C22H25N5OS/c23-12-15-4-5-19-18(11-15)17(13-25-19)3-1-2-8-27-9-6-16(7-10-27)22-26-20(14-29-22)21(24)28/h4-5,11,13-14,16,25H,1-3,6-10H2,(H2,24,28). The predicted octanol–water partition coefficient (Wildman–Crippen LogP) is 3.80. The van der Waals surface area contributed by atoms with Gasteiger partial charge in [0.25, 0.3) is 5.91 Å². The van der Waals surface area contributed by atoms with Crippen LogP contribution in [0.4, 0.5) is 0 Å². The third-order valence-corrected chi connectivity index (χ3v) is 6.79. The summed E-state index contributed by atoms with van der Waals surface area (Å²) in [4.78, 5) is 21.5. The monoisotopic (exact) mass is 407 g/mol. The predicted molar refractivity (Wildman–Crippen MR) is 115 cm³/mol. The Balaban J connectivity index is 1.22. The van der Waals surface area contributed by atoms with Gasteiger partial charge in [0, 0.05) is 28.4 Å². The van der Waals surface area contributed by atoms with E-state index in [0.717, 1.165) is 55.8 Å². The minimum absolute atomic E-state index is 0.395. The lowest BCUT2D eigenvalue weighted by Crippen LogP contribution is -2.33. The summed E-state index contributed by atoms with van der Waals surface area (Å²) in [6.07, 6.45) is 7.58. The zero-order chi connectivity index (χ0) is 20.2. The van der Waals surface area contributed by atoms with Crippen molar-refractivity contribution >= 4 is 28.1 Å². The van der Waals surface area contributed by atoms with E-state index in [1.165, 1.54) is 17.4 Å². The van der Waals surface area contributed by atoms with E-state index in [-0.39, 0.29) is 0 Å². The van der Waals surface area contributed by atoms with Crippen LogP contribution in [-0.2, 0) is 6.42 Å². The van der Waals surface area contributed by atoms with Crippen LogP contribution < -0.4 is 5.73 Å². The Labute approximate surface area is 174 Å². The highest BCUT2D eigenvalue weighted by Gasteiger charge is 2.23. The molecular formula is C22H25N5OS. The van der Waals surface area contributed by atoms with Gasteiger partial charge < -0.3 is 15.6 Å². The molecule has 3 N–H and O–H groups in total. The first-order chi connectivity index (χ1) is 14.1. The molecule has 1 aliphatic rings. The van der Waals surface area contributed by atoms with Crippen molar-refractivity contribution in [1.82, 2.24) is 14.9 Å². The van der Waals surface area contributed by atoms with Gasteiger partial charge in [-0.1, -0.05) is 0 Å². The number of rotatable bonds is 7. The van der Waals surface area contributed by atoms with E-state index in [4.69, 9.17) is 11.0 Å². The van der Waals surface area contributed by atoms with E-state index in [1.54, 1.807) is 16.7 Å². The number of fused-ring (bicyclic) bond motifs is 1. The number of carbonyl (C=O) groups excluding carboxylic acids is 1. The number of aromatic amines is 1. The van der Waals surface area contributed by atoms with Crippen LogP contribution in [-0.4, -0.2) is 40.4 Å². The van der Waals surface area contributed by atoms with Crippen LogP contribution in [0.25, 0.3) is 10.9 Å². The number of aryl methyl sites for hydroxylation is 1. The van der Waals surface area contributed by atoms with Gasteiger partial charge in [-0.2, -0.15) is 5.26 Å². The molecule has 29 heavy (non-hydrogen) atoms. The van der Waals surface area contributed by atoms with Crippen LogP contribution in [0.1, 0.15) is 58.2 Å². The molecule has 0 atom stereocenters. The smallest absolute Gasteiger partial charge is 0.268 e. The summed E-state index contributed by atoms with van der Waals surface area (Å²) in [5, 5.41) is 13.1. The molecule has 1 fully saturated rings. The maximum absolute atomic E-state index is 11.2. The number of likely N-dealkylation sites (tertiary alicyclic amines) is 1. The number of H-pyrrole nitrogens is 1. The summed E-state index contributed by atoms with van der Waals surface area (Å²) >= 11 is 1.56. The van der Waals surface area contributed by atoms with Gasteiger partial charge in [0.1, 0.15) is 5.69 Å². The van der Waals surface area contributed by atoms with Gasteiger partial charge in [-0.25, -0.2) is 4.98 Å². The van der Waals surface area contributed by atoms with Gasteiger partial charge in [0.15, 0.2) is 0 Å². The molecular weight excluding hydrogens is 382 g/mol. The summed E-state index contributed by atoms with van der Waals surface area (Å²) < 4.78 is 0. The summed E-state index contributed by atoms with van der Waals surface area (Å²) in [5.74, 6) is 0.00823. The second kappa shape index (κ2) is 8.76. The number of benzene rings is 1. The Kier molecular flexibility index (Phi) is 5.93. The number of piperidine rings is 1. The number of nitrogens with two attached hydrogens (primary N) is 1. The van der Waals surface area contributed by atoms with Crippen molar-refractivity contribution in [3.63, 3.8) is 0 Å². The molecule has 0 radical (unpaired) electrons. The highest BCUT2D eigenvalue weighted by molar-refractivity contribution is 7.09. The number of nitrogens with one attached hydrogen (secondary N) is 1. The van der Waals surface area contributed by atoms with Crippen molar-refractivity contribution in [1.29, 1.82) is 5.26 Å². The normalized spacial score (nSPS) is 15.6. The highest BCUT2D eigenvalue weighted by atomic mass is 32.1. The molecule has 4 rings (SSSR count). The number of hydrogen-bond acceptors (Lipinski definition) is 5. The highest BCUT2D eigenvalue weighted by Crippen LogP contribution is 2.30. The molecule has 1 aliphatic heterocycles. The van der Waals surface area contributed by atoms with Gasteiger partial charge in [-0.15, -0.1) is 11.3 Å². The number of aromatic nitrogens is 2. The summed E-state index contributed by atoms with van der Waals surface area (Å²) in [5.41, 5.74) is 8.81. The quantitative estimate of drug-likeness (QED) is 0.582. The zero-order valence-electron chi connectivity index (χ0n) is 16.4. The average Bonchev–Trinajstić information content (AvgIpc) is 3.39. The minimum atomic E-state index is -0.441. The zero-order valence-corrected chi connectivity index (χ0v) is 17.2. The number of thiazole rings is 1. The lowest BCUT2D eigenvalue weighted by molar-refractivity contribution is 0.0996. The molecule has 1 amide bonds. The lowest BCUT2D eigenvalue weighted by Gasteiger charge is -2.31. The summed E-state index contributed by atoms with van der Waals surface area (Å²) in [6, 6.07) is 8.04. The fraction of sp³-hybridized carbons (Fsp3) is 0.409. The molecule has 1 saturated heterocycles. The maximum Gasteiger partial charge on any atom is 0.268 e.